The van der Waals surface area contributed by atoms with E-state index in [0.717, 1.165) is 67.5 Å². The van der Waals surface area contributed by atoms with Crippen LogP contribution in [0.15, 0.2) is 109 Å². The minimum atomic E-state index is -0.342. The lowest BCUT2D eigenvalue weighted by atomic mass is 9.83. The Morgan fingerprint density at radius 3 is 0.743 bits per heavy atom. The number of para-hydroxylation sites is 4. The first-order valence-corrected chi connectivity index (χ1v) is 25.6. The monoisotopic (exact) mass is 1010 g/mol. The average molecular weight is 1010 g/mol. The summed E-state index contributed by atoms with van der Waals surface area (Å²) in [4.78, 5) is 28.1. The van der Waals surface area contributed by atoms with Crippen molar-refractivity contribution in [2.75, 3.05) is 119 Å². The summed E-state index contributed by atoms with van der Waals surface area (Å²) >= 11 is 0. The van der Waals surface area contributed by atoms with Crippen LogP contribution in [-0.2, 0) is 54.1 Å². The minimum Gasteiger partial charge on any atom is -0.491 e. The Morgan fingerprint density at radius 2 is 0.473 bits per heavy atom. The largest absolute Gasteiger partial charge is 0.491 e. The fourth-order valence-corrected chi connectivity index (χ4v) is 9.85. The van der Waals surface area contributed by atoms with Gasteiger partial charge < -0.3 is 56.8 Å². The molecule has 0 atom stereocenters. The third kappa shape index (κ3) is 12.2. The molecule has 11 rings (SSSR count). The van der Waals surface area contributed by atoms with Crippen molar-refractivity contribution < 1.29 is 66.4 Å². The second kappa shape index (κ2) is 25.4. The summed E-state index contributed by atoms with van der Waals surface area (Å²) in [7, 11) is 0. The van der Waals surface area contributed by atoms with E-state index in [2.05, 4.69) is 72.8 Å². The van der Waals surface area contributed by atoms with Crippen LogP contribution in [-0.4, -0.2) is 130 Å². The fourth-order valence-electron chi connectivity index (χ4n) is 9.85. The van der Waals surface area contributed by atoms with Crippen molar-refractivity contribution in [1.29, 1.82) is 0 Å². The standard InChI is InChI=1S/C60H62O14/c61-55-49-15-5-17-51-53(49)56(62)54-50(55)16-6-18-52(54)70-32-26-68-30-36-74-60-46-12-4-14-48(60)40-44-10-2-9-43-39-47-13-3-11-45(59(47)73-35-29-67-25-31-69-51)37-41-7-1-8-42(38-46)57(41)71-33-27-65-23-21-63-19-20-64-22-24-66-28-34-72-58(43)44/h1-18H,19-40H2. The molecule has 0 spiro atoms. The van der Waals surface area contributed by atoms with Gasteiger partial charge in [-0.3, -0.25) is 9.59 Å². The van der Waals surface area contributed by atoms with Crippen molar-refractivity contribution >= 4 is 11.6 Å². The molecule has 14 nitrogen and oxygen atoms in total. The Hall–Kier alpha value is -6.78. The van der Waals surface area contributed by atoms with Crippen LogP contribution in [0, 0.1) is 0 Å². The maximum atomic E-state index is 14.3. The maximum Gasteiger partial charge on any atom is 0.201 e. The first-order valence-electron chi connectivity index (χ1n) is 25.6. The molecule has 5 aliphatic rings. The van der Waals surface area contributed by atoms with Crippen molar-refractivity contribution in [3.63, 3.8) is 0 Å². The summed E-state index contributed by atoms with van der Waals surface area (Å²) in [5.41, 5.74) is 8.88. The van der Waals surface area contributed by atoms with Crippen LogP contribution in [0.5, 0.6) is 34.5 Å². The highest BCUT2D eigenvalue weighted by Crippen LogP contribution is 2.40. The number of fused-ring (bicyclic) bond motifs is 12. The van der Waals surface area contributed by atoms with Gasteiger partial charge in [0.2, 0.25) is 5.78 Å². The van der Waals surface area contributed by atoms with Gasteiger partial charge in [-0.15, -0.1) is 0 Å². The molecule has 386 valence electrons. The van der Waals surface area contributed by atoms with Crippen LogP contribution in [0.25, 0.3) is 0 Å². The van der Waals surface area contributed by atoms with Crippen molar-refractivity contribution in [2.24, 2.45) is 0 Å². The molecule has 0 aromatic heterocycles. The molecule has 0 N–H and O–H groups in total. The van der Waals surface area contributed by atoms with Gasteiger partial charge in [0.05, 0.1) is 90.4 Å². The lowest BCUT2D eigenvalue weighted by Gasteiger charge is -2.23. The number of carbonyl (C=O) groups excluding carboxylic acids is 2. The van der Waals surface area contributed by atoms with E-state index in [1.165, 1.54) is 0 Å². The van der Waals surface area contributed by atoms with E-state index in [0.29, 0.717) is 103 Å². The number of carbonyl (C=O) groups is 2. The number of hydrogen-bond donors (Lipinski definition) is 0. The molecule has 0 saturated heterocycles. The van der Waals surface area contributed by atoms with Crippen LogP contribution in [0.2, 0.25) is 0 Å². The Balaban J connectivity index is 1.03. The molecule has 0 saturated carbocycles. The van der Waals surface area contributed by atoms with Crippen LogP contribution < -0.4 is 28.4 Å². The molecule has 2 aliphatic carbocycles. The molecule has 0 fully saturated rings. The number of hydrogen-bond acceptors (Lipinski definition) is 14. The molecular formula is C60H62O14. The Bertz CT molecular complexity index is 2620. The van der Waals surface area contributed by atoms with Crippen LogP contribution in [0.1, 0.15) is 76.4 Å². The predicted molar refractivity (Wildman–Crippen MR) is 275 cm³/mol. The van der Waals surface area contributed by atoms with Crippen molar-refractivity contribution in [3.05, 3.63) is 176 Å². The Kier molecular flexibility index (Phi) is 17.4. The molecule has 3 heterocycles. The summed E-state index contributed by atoms with van der Waals surface area (Å²) < 4.78 is 75.2. The third-order valence-corrected chi connectivity index (χ3v) is 13.2. The molecule has 6 aromatic carbocycles. The zero-order valence-corrected chi connectivity index (χ0v) is 41.7. The average Bonchev–Trinajstić information content (AvgIpc) is 3.41. The van der Waals surface area contributed by atoms with E-state index in [4.69, 9.17) is 56.8 Å². The SMILES string of the molecule is O=C1c2cccc3c2C(=O)c2c(cccc21)OCCOCCOc1c2cccc1Cc1cccc4c1OCCOCCOCCOCCOCCOc1c(cccc1C2)Cc1cccc(c1OCCOCCO3)C4. The van der Waals surface area contributed by atoms with E-state index >= 15 is 0 Å². The van der Waals surface area contributed by atoms with E-state index < -0.39 is 0 Å². The first kappa shape index (κ1) is 50.7. The molecule has 14 heteroatoms. The maximum absolute atomic E-state index is 14.3. The van der Waals surface area contributed by atoms with Crippen LogP contribution in [0.3, 0.4) is 0 Å². The molecular weight excluding hydrogens is 945 g/mol. The summed E-state index contributed by atoms with van der Waals surface area (Å²) in [6.45, 7) is 5.72. The summed E-state index contributed by atoms with van der Waals surface area (Å²) in [6, 6.07) is 35.3. The Labute approximate surface area is 431 Å². The summed E-state index contributed by atoms with van der Waals surface area (Å²) in [6.07, 6.45) is 2.05. The molecule has 0 unspecified atom stereocenters. The summed E-state index contributed by atoms with van der Waals surface area (Å²) in [5, 5.41) is 0. The van der Waals surface area contributed by atoms with Crippen molar-refractivity contribution in [1.82, 2.24) is 0 Å². The third-order valence-electron chi connectivity index (χ3n) is 13.2. The highest BCUT2D eigenvalue weighted by molar-refractivity contribution is 6.30. The van der Waals surface area contributed by atoms with Crippen LogP contribution >= 0.6 is 0 Å². The molecule has 0 amide bonds. The van der Waals surface area contributed by atoms with Gasteiger partial charge >= 0.3 is 0 Å². The lowest BCUT2D eigenvalue weighted by molar-refractivity contribution is -0.00706. The van der Waals surface area contributed by atoms with Gasteiger partial charge in [-0.1, -0.05) is 97.1 Å². The molecule has 74 heavy (non-hydrogen) atoms. The van der Waals surface area contributed by atoms with Gasteiger partial charge in [-0.2, -0.15) is 0 Å². The number of rotatable bonds is 0. The van der Waals surface area contributed by atoms with Gasteiger partial charge in [0, 0.05) is 36.8 Å². The first-order chi connectivity index (χ1) is 36.6. The van der Waals surface area contributed by atoms with Gasteiger partial charge in [0.15, 0.2) is 5.78 Å². The number of benzene rings is 6. The van der Waals surface area contributed by atoms with Gasteiger partial charge in [-0.05, 0) is 56.6 Å². The smallest absolute Gasteiger partial charge is 0.201 e. The quantitative estimate of drug-likeness (QED) is 0.135. The van der Waals surface area contributed by atoms with Gasteiger partial charge in [0.1, 0.15) is 74.1 Å². The Morgan fingerprint density at radius 1 is 0.243 bits per heavy atom. The van der Waals surface area contributed by atoms with Crippen LogP contribution in [0.4, 0.5) is 0 Å². The van der Waals surface area contributed by atoms with E-state index in [9.17, 15) is 9.59 Å². The van der Waals surface area contributed by atoms with E-state index in [1.807, 2.05) is 0 Å². The van der Waals surface area contributed by atoms with Gasteiger partial charge in [0.25, 0.3) is 0 Å². The highest BCUT2D eigenvalue weighted by Gasteiger charge is 2.35. The molecule has 3 aliphatic heterocycles. The van der Waals surface area contributed by atoms with E-state index in [-0.39, 0.29) is 86.7 Å². The zero-order chi connectivity index (χ0) is 50.3. The second-order valence-electron chi connectivity index (χ2n) is 18.1. The minimum absolute atomic E-state index is 0.132. The van der Waals surface area contributed by atoms with Crippen molar-refractivity contribution in [2.45, 2.75) is 25.7 Å². The molecule has 14 bridgehead atoms. The topological polar surface area (TPSA) is 145 Å². The van der Waals surface area contributed by atoms with E-state index in [1.54, 1.807) is 36.4 Å². The predicted octanol–water partition coefficient (Wildman–Crippen LogP) is 8.24. The van der Waals surface area contributed by atoms with Crippen molar-refractivity contribution in [3.8, 4) is 34.5 Å². The molecule has 6 aromatic rings. The van der Waals surface area contributed by atoms with Gasteiger partial charge in [-0.25, -0.2) is 0 Å². The summed E-state index contributed by atoms with van der Waals surface area (Å²) in [5.74, 6) is 3.06. The lowest BCUT2D eigenvalue weighted by Crippen LogP contribution is -2.24. The normalized spacial score (nSPS) is 17.7. The molecule has 0 radical (unpaired) electrons. The second-order valence-corrected chi connectivity index (χ2v) is 18.1. The zero-order valence-electron chi connectivity index (χ0n) is 41.7. The highest BCUT2D eigenvalue weighted by atomic mass is 16.6. The fraction of sp³-hybridized carbons (Fsp3) is 0.367. The number of ketones is 2. The number of ether oxygens (including phenoxy) is 12.